The normalized spacial score (nSPS) is 9.83. The van der Waals surface area contributed by atoms with Gasteiger partial charge in [-0.15, -0.1) is 0 Å². The third-order valence-electron chi connectivity index (χ3n) is 2.96. The molecule has 0 amide bonds. The van der Waals surface area contributed by atoms with Crippen molar-refractivity contribution in [2.45, 2.75) is 19.3 Å². The predicted molar refractivity (Wildman–Crippen MR) is 80.4 cm³/mol. The maximum atomic E-state index is 11.7. The van der Waals surface area contributed by atoms with E-state index in [0.717, 1.165) is 0 Å². The van der Waals surface area contributed by atoms with E-state index in [1.807, 2.05) is 0 Å². The highest BCUT2D eigenvalue weighted by Crippen LogP contribution is 2.27. The highest BCUT2D eigenvalue weighted by Gasteiger charge is 2.14. The highest BCUT2D eigenvalue weighted by molar-refractivity contribution is 5.89. The van der Waals surface area contributed by atoms with Gasteiger partial charge in [0.2, 0.25) is 0 Å². The van der Waals surface area contributed by atoms with Crippen LogP contribution in [0.3, 0.4) is 0 Å². The van der Waals surface area contributed by atoms with E-state index in [9.17, 15) is 14.4 Å². The Morgan fingerprint density at radius 1 is 1.04 bits per heavy atom. The maximum absolute atomic E-state index is 11.7. The van der Waals surface area contributed by atoms with E-state index >= 15 is 0 Å². The van der Waals surface area contributed by atoms with Crippen LogP contribution in [0.25, 0.3) is 0 Å². The fraction of sp³-hybridized carbons (Fsp3) is 0.312. The third-order valence-corrected chi connectivity index (χ3v) is 2.96. The summed E-state index contributed by atoms with van der Waals surface area (Å²) in [5.74, 6) is -1.73. The molecule has 0 radical (unpaired) electrons. The number of carboxylic acids is 1. The van der Waals surface area contributed by atoms with E-state index in [2.05, 4.69) is 11.3 Å². The van der Waals surface area contributed by atoms with E-state index in [1.165, 1.54) is 14.2 Å². The molecule has 1 N–H and O–H groups in total. The monoisotopic (exact) mass is 322 g/mol. The number of hydrogen-bond acceptors (Lipinski definition) is 6. The summed E-state index contributed by atoms with van der Waals surface area (Å²) in [6.45, 7) is 3.29. The van der Waals surface area contributed by atoms with E-state index in [1.54, 1.807) is 18.2 Å². The van der Waals surface area contributed by atoms with Gasteiger partial charge in [0.15, 0.2) is 11.5 Å². The Kier molecular flexibility index (Phi) is 6.79. The lowest BCUT2D eigenvalue weighted by molar-refractivity contribution is -0.159. The molecule has 0 saturated heterocycles. The Hall–Kier alpha value is -2.83. The highest BCUT2D eigenvalue weighted by atomic mass is 16.6. The number of aliphatic carboxylic acids is 1. The van der Waals surface area contributed by atoms with Crippen LogP contribution in [0.1, 0.15) is 18.4 Å². The fourth-order valence-electron chi connectivity index (χ4n) is 1.73. The predicted octanol–water partition coefficient (Wildman–Crippen LogP) is 1.74. The van der Waals surface area contributed by atoms with Crippen molar-refractivity contribution in [1.82, 2.24) is 0 Å². The summed E-state index contributed by atoms with van der Waals surface area (Å²) in [5.41, 5.74) is 0.477. The molecule has 23 heavy (non-hydrogen) atoms. The molecule has 0 aliphatic carbocycles. The largest absolute Gasteiger partial charge is 0.493 e. The van der Waals surface area contributed by atoms with Crippen LogP contribution in [-0.4, -0.2) is 37.2 Å². The summed E-state index contributed by atoms with van der Waals surface area (Å²) < 4.78 is 14.8. The van der Waals surface area contributed by atoms with Crippen LogP contribution in [-0.2, 0) is 25.5 Å². The minimum Gasteiger partial charge on any atom is -0.493 e. The number of methoxy groups -OCH3 is 2. The standard InChI is InChI=1S/C16H18O7/c1-10(16(19)20)4-7-14(17)23-15(18)9-11-5-6-12(21-2)13(8-11)22-3/h5-6,8H,1,4,7,9H2,2-3H3,(H,19,20). The first-order valence-corrected chi connectivity index (χ1v) is 6.72. The number of hydrogen-bond donors (Lipinski definition) is 1. The number of ether oxygens (including phenoxy) is 3. The van der Waals surface area contributed by atoms with Crippen molar-refractivity contribution in [3.05, 3.63) is 35.9 Å². The topological polar surface area (TPSA) is 99.1 Å². The van der Waals surface area contributed by atoms with E-state index < -0.39 is 17.9 Å². The summed E-state index contributed by atoms with van der Waals surface area (Å²) in [4.78, 5) is 33.7. The molecule has 0 saturated carbocycles. The van der Waals surface area contributed by atoms with Crippen molar-refractivity contribution >= 4 is 17.9 Å². The number of esters is 2. The van der Waals surface area contributed by atoms with E-state index in [4.69, 9.17) is 14.6 Å². The van der Waals surface area contributed by atoms with Crippen molar-refractivity contribution in [2.24, 2.45) is 0 Å². The number of carbonyl (C=O) groups is 3. The molecule has 0 aliphatic rings. The average molecular weight is 322 g/mol. The second kappa shape index (κ2) is 8.57. The molecule has 7 nitrogen and oxygen atoms in total. The summed E-state index contributed by atoms with van der Waals surface area (Å²) in [7, 11) is 2.97. The van der Waals surface area contributed by atoms with Gasteiger partial charge >= 0.3 is 17.9 Å². The zero-order valence-electron chi connectivity index (χ0n) is 13.0. The molecule has 1 aromatic rings. The first-order valence-electron chi connectivity index (χ1n) is 6.72. The number of benzene rings is 1. The van der Waals surface area contributed by atoms with Crippen LogP contribution >= 0.6 is 0 Å². The Morgan fingerprint density at radius 2 is 1.70 bits per heavy atom. The lowest BCUT2D eigenvalue weighted by atomic mass is 10.1. The van der Waals surface area contributed by atoms with Crippen LogP contribution in [0.15, 0.2) is 30.4 Å². The van der Waals surface area contributed by atoms with Crippen molar-refractivity contribution in [1.29, 1.82) is 0 Å². The van der Waals surface area contributed by atoms with Gasteiger partial charge in [0, 0.05) is 5.57 Å². The first-order chi connectivity index (χ1) is 10.9. The molecule has 1 rings (SSSR count). The molecule has 7 heteroatoms. The molecule has 0 heterocycles. The number of carboxylic acid groups (broad SMARTS) is 1. The zero-order chi connectivity index (χ0) is 17.4. The van der Waals surface area contributed by atoms with Gasteiger partial charge in [0.1, 0.15) is 0 Å². The van der Waals surface area contributed by atoms with Crippen LogP contribution in [0.2, 0.25) is 0 Å². The molecule has 0 aromatic heterocycles. The fourth-order valence-corrected chi connectivity index (χ4v) is 1.73. The van der Waals surface area contributed by atoms with Crippen molar-refractivity contribution < 1.29 is 33.7 Å². The summed E-state index contributed by atoms with van der Waals surface area (Å²) in [6, 6.07) is 4.90. The Labute approximate surface area is 133 Å². The molecule has 0 spiro atoms. The molecule has 0 unspecified atom stereocenters. The zero-order valence-corrected chi connectivity index (χ0v) is 13.0. The van der Waals surface area contributed by atoms with E-state index in [-0.39, 0.29) is 24.8 Å². The molecule has 0 atom stereocenters. The van der Waals surface area contributed by atoms with Gasteiger partial charge in [-0.3, -0.25) is 9.59 Å². The van der Waals surface area contributed by atoms with Crippen LogP contribution in [0.4, 0.5) is 0 Å². The molecule has 0 bridgehead atoms. The molecule has 0 aliphatic heterocycles. The van der Waals surface area contributed by atoms with Crippen LogP contribution < -0.4 is 9.47 Å². The lowest BCUT2D eigenvalue weighted by Crippen LogP contribution is -2.15. The molecule has 1 aromatic carbocycles. The van der Waals surface area contributed by atoms with Crippen molar-refractivity contribution in [3.63, 3.8) is 0 Å². The summed E-state index contributed by atoms with van der Waals surface area (Å²) in [6.07, 6.45) is -0.410. The van der Waals surface area contributed by atoms with Gasteiger partial charge < -0.3 is 19.3 Å². The second-order valence-electron chi connectivity index (χ2n) is 4.62. The number of carbonyl (C=O) groups excluding carboxylic acids is 2. The van der Waals surface area contributed by atoms with Gasteiger partial charge in [-0.2, -0.15) is 0 Å². The summed E-state index contributed by atoms with van der Waals surface area (Å²) >= 11 is 0. The minimum absolute atomic E-state index is 0.0716. The van der Waals surface area contributed by atoms with Crippen LogP contribution in [0, 0.1) is 0 Å². The van der Waals surface area contributed by atoms with Crippen LogP contribution in [0.5, 0.6) is 11.5 Å². The van der Waals surface area contributed by atoms with Crippen molar-refractivity contribution in [2.75, 3.05) is 14.2 Å². The lowest BCUT2D eigenvalue weighted by Gasteiger charge is -2.09. The Morgan fingerprint density at radius 3 is 2.26 bits per heavy atom. The van der Waals surface area contributed by atoms with E-state index in [0.29, 0.717) is 17.1 Å². The molecular formula is C16H18O7. The number of rotatable bonds is 8. The van der Waals surface area contributed by atoms with Gasteiger partial charge in [0.25, 0.3) is 0 Å². The van der Waals surface area contributed by atoms with Gasteiger partial charge in [-0.05, 0) is 24.1 Å². The van der Waals surface area contributed by atoms with Gasteiger partial charge in [0.05, 0.1) is 27.1 Å². The minimum atomic E-state index is -1.19. The molecule has 124 valence electrons. The average Bonchev–Trinajstić information content (AvgIpc) is 2.51. The smallest absolute Gasteiger partial charge is 0.330 e. The summed E-state index contributed by atoms with van der Waals surface area (Å²) in [5, 5.41) is 8.62. The first kappa shape index (κ1) is 18.2. The Balaban J connectivity index is 2.55. The molecular weight excluding hydrogens is 304 g/mol. The van der Waals surface area contributed by atoms with Crippen molar-refractivity contribution in [3.8, 4) is 11.5 Å². The maximum Gasteiger partial charge on any atom is 0.330 e. The van der Waals surface area contributed by atoms with Gasteiger partial charge in [-0.25, -0.2) is 4.79 Å². The molecule has 0 fully saturated rings. The second-order valence-corrected chi connectivity index (χ2v) is 4.62. The SMILES string of the molecule is C=C(CCC(=O)OC(=O)Cc1ccc(OC)c(OC)c1)C(=O)O. The quantitative estimate of drug-likeness (QED) is 0.442. The Bertz CT molecular complexity index is 619. The van der Waals surface area contributed by atoms with Gasteiger partial charge in [-0.1, -0.05) is 12.6 Å². The third kappa shape index (κ3) is 5.82.